The third kappa shape index (κ3) is 5.52. The topological polar surface area (TPSA) is 42.0 Å². The van der Waals surface area contributed by atoms with E-state index in [4.69, 9.17) is 9.47 Å². The molecule has 2 heterocycles. The molecule has 0 N–H and O–H groups in total. The van der Waals surface area contributed by atoms with Crippen molar-refractivity contribution in [2.75, 3.05) is 46.0 Å². The van der Waals surface area contributed by atoms with E-state index in [9.17, 15) is 4.79 Å². The van der Waals surface area contributed by atoms with Gasteiger partial charge < -0.3 is 14.4 Å². The fraction of sp³-hybridized carbons (Fsp3) is 0.708. The molecule has 1 aromatic carbocycles. The van der Waals surface area contributed by atoms with Gasteiger partial charge in [0, 0.05) is 31.6 Å². The van der Waals surface area contributed by atoms with Crippen LogP contribution in [0.3, 0.4) is 0 Å². The third-order valence-corrected chi connectivity index (χ3v) is 6.78. The number of nitrogens with zero attached hydrogens (tertiary/aromatic N) is 2. The standard InChI is InChI=1S/C24H36N2O3/c27-24(25-14-16-28-17-15-25)22-11-5-6-12-23(22)29-19-20-8-7-13-26(18-20)21-9-3-1-2-4-10-21/h5-6,11-12,20-21H,1-4,7-10,13-19H2. The highest BCUT2D eigenvalue weighted by Gasteiger charge is 2.27. The second-order valence-corrected chi connectivity index (χ2v) is 8.86. The van der Waals surface area contributed by atoms with Crippen LogP contribution in [0.2, 0.25) is 0 Å². The molecule has 0 bridgehead atoms. The average Bonchev–Trinajstić information content (AvgIpc) is 3.08. The van der Waals surface area contributed by atoms with Gasteiger partial charge in [-0.1, -0.05) is 37.8 Å². The van der Waals surface area contributed by atoms with E-state index < -0.39 is 0 Å². The molecule has 1 atom stereocenters. The second kappa shape index (κ2) is 10.4. The number of morpholine rings is 1. The Balaban J connectivity index is 1.34. The number of benzene rings is 1. The molecular formula is C24H36N2O3. The molecule has 1 unspecified atom stereocenters. The Bertz CT molecular complexity index is 651. The number of carbonyl (C=O) groups is 1. The molecule has 5 nitrogen and oxygen atoms in total. The monoisotopic (exact) mass is 400 g/mol. The second-order valence-electron chi connectivity index (χ2n) is 8.86. The lowest BCUT2D eigenvalue weighted by molar-refractivity contribution is 0.0299. The lowest BCUT2D eigenvalue weighted by Gasteiger charge is -2.38. The lowest BCUT2D eigenvalue weighted by Crippen LogP contribution is -2.44. The smallest absolute Gasteiger partial charge is 0.257 e. The summed E-state index contributed by atoms with van der Waals surface area (Å²) in [5.41, 5.74) is 0.686. The van der Waals surface area contributed by atoms with Crippen LogP contribution in [0.4, 0.5) is 0 Å². The Morgan fingerprint density at radius 3 is 2.52 bits per heavy atom. The number of piperidine rings is 1. The van der Waals surface area contributed by atoms with Crippen molar-refractivity contribution in [2.24, 2.45) is 5.92 Å². The molecule has 3 aliphatic rings. The number of amides is 1. The fourth-order valence-electron chi connectivity index (χ4n) is 5.10. The largest absolute Gasteiger partial charge is 0.492 e. The van der Waals surface area contributed by atoms with E-state index in [1.54, 1.807) is 0 Å². The minimum atomic E-state index is 0.0626. The molecule has 160 valence electrons. The van der Waals surface area contributed by atoms with Gasteiger partial charge in [-0.15, -0.1) is 0 Å². The summed E-state index contributed by atoms with van der Waals surface area (Å²) < 4.78 is 11.6. The van der Waals surface area contributed by atoms with Crippen LogP contribution in [0.1, 0.15) is 61.7 Å². The maximum atomic E-state index is 12.9. The van der Waals surface area contributed by atoms with E-state index in [1.807, 2.05) is 29.2 Å². The van der Waals surface area contributed by atoms with Crippen LogP contribution in [-0.2, 0) is 4.74 Å². The van der Waals surface area contributed by atoms with Crippen molar-refractivity contribution in [1.82, 2.24) is 9.80 Å². The minimum absolute atomic E-state index is 0.0626. The number of rotatable bonds is 5. The maximum Gasteiger partial charge on any atom is 0.257 e. The Hall–Kier alpha value is -1.59. The molecule has 1 aliphatic carbocycles. The molecule has 2 aliphatic heterocycles. The van der Waals surface area contributed by atoms with E-state index in [2.05, 4.69) is 4.90 Å². The first kappa shape index (κ1) is 20.7. The summed E-state index contributed by atoms with van der Waals surface area (Å²) in [7, 11) is 0. The lowest BCUT2D eigenvalue weighted by atomic mass is 9.95. The van der Waals surface area contributed by atoms with Gasteiger partial charge in [0.15, 0.2) is 0 Å². The van der Waals surface area contributed by atoms with Crippen molar-refractivity contribution in [3.63, 3.8) is 0 Å². The number of para-hydroxylation sites is 1. The first-order valence-corrected chi connectivity index (χ1v) is 11.6. The number of hydrogen-bond donors (Lipinski definition) is 0. The predicted octanol–water partition coefficient (Wildman–Crippen LogP) is 3.97. The predicted molar refractivity (Wildman–Crippen MR) is 114 cm³/mol. The number of hydrogen-bond acceptors (Lipinski definition) is 4. The van der Waals surface area contributed by atoms with Crippen molar-refractivity contribution in [1.29, 1.82) is 0 Å². The number of ether oxygens (including phenoxy) is 2. The maximum absolute atomic E-state index is 12.9. The molecule has 5 heteroatoms. The molecule has 1 amide bonds. The first-order chi connectivity index (χ1) is 14.3. The van der Waals surface area contributed by atoms with Crippen LogP contribution < -0.4 is 4.74 Å². The first-order valence-electron chi connectivity index (χ1n) is 11.6. The minimum Gasteiger partial charge on any atom is -0.492 e. The van der Waals surface area contributed by atoms with Gasteiger partial charge in [-0.05, 0) is 44.4 Å². The van der Waals surface area contributed by atoms with E-state index in [0.717, 1.165) is 18.3 Å². The van der Waals surface area contributed by atoms with Crippen LogP contribution in [0.25, 0.3) is 0 Å². The highest BCUT2D eigenvalue weighted by Crippen LogP contribution is 2.28. The number of likely N-dealkylation sites (tertiary alicyclic amines) is 1. The molecule has 2 saturated heterocycles. The summed E-state index contributed by atoms with van der Waals surface area (Å²) in [5.74, 6) is 1.35. The molecule has 4 rings (SSSR count). The van der Waals surface area contributed by atoms with Gasteiger partial charge in [0.2, 0.25) is 0 Å². The summed E-state index contributed by atoms with van der Waals surface area (Å²) in [4.78, 5) is 17.5. The van der Waals surface area contributed by atoms with Crippen molar-refractivity contribution in [3.8, 4) is 5.75 Å². The van der Waals surface area contributed by atoms with E-state index in [0.29, 0.717) is 44.4 Å². The zero-order valence-electron chi connectivity index (χ0n) is 17.7. The van der Waals surface area contributed by atoms with Gasteiger partial charge in [-0.3, -0.25) is 9.69 Å². The van der Waals surface area contributed by atoms with Crippen LogP contribution in [0.5, 0.6) is 5.75 Å². The van der Waals surface area contributed by atoms with Crippen LogP contribution in [0.15, 0.2) is 24.3 Å². The van der Waals surface area contributed by atoms with Gasteiger partial charge in [-0.25, -0.2) is 0 Å². The number of carbonyl (C=O) groups excluding carboxylic acids is 1. The van der Waals surface area contributed by atoms with Crippen LogP contribution >= 0.6 is 0 Å². The Morgan fingerprint density at radius 2 is 1.72 bits per heavy atom. The summed E-state index contributed by atoms with van der Waals surface area (Å²) in [6, 6.07) is 8.50. The summed E-state index contributed by atoms with van der Waals surface area (Å²) in [5, 5.41) is 0. The van der Waals surface area contributed by atoms with Crippen molar-refractivity contribution < 1.29 is 14.3 Å². The molecule has 3 fully saturated rings. The van der Waals surface area contributed by atoms with Gasteiger partial charge in [0.05, 0.1) is 25.4 Å². The SMILES string of the molecule is O=C(c1ccccc1OCC1CCCN(C2CCCCCC2)C1)N1CCOCC1. The molecular weight excluding hydrogens is 364 g/mol. The molecule has 0 radical (unpaired) electrons. The van der Waals surface area contributed by atoms with Crippen LogP contribution in [-0.4, -0.2) is 67.7 Å². The third-order valence-electron chi connectivity index (χ3n) is 6.78. The zero-order valence-corrected chi connectivity index (χ0v) is 17.7. The Kier molecular flexibility index (Phi) is 7.44. The van der Waals surface area contributed by atoms with Crippen molar-refractivity contribution >= 4 is 5.91 Å². The van der Waals surface area contributed by atoms with Gasteiger partial charge in [-0.2, -0.15) is 0 Å². The molecule has 1 saturated carbocycles. The molecule has 0 aromatic heterocycles. The highest BCUT2D eigenvalue weighted by molar-refractivity contribution is 5.97. The normalized spacial score (nSPS) is 24.8. The van der Waals surface area contributed by atoms with E-state index >= 15 is 0 Å². The Morgan fingerprint density at radius 1 is 0.966 bits per heavy atom. The molecule has 0 spiro atoms. The van der Waals surface area contributed by atoms with Gasteiger partial charge >= 0.3 is 0 Å². The van der Waals surface area contributed by atoms with Gasteiger partial charge in [0.1, 0.15) is 5.75 Å². The van der Waals surface area contributed by atoms with Crippen molar-refractivity contribution in [3.05, 3.63) is 29.8 Å². The average molecular weight is 401 g/mol. The van der Waals surface area contributed by atoms with E-state index in [-0.39, 0.29) is 5.91 Å². The van der Waals surface area contributed by atoms with Crippen LogP contribution in [0, 0.1) is 5.92 Å². The summed E-state index contributed by atoms with van der Waals surface area (Å²) in [6.45, 7) is 5.65. The summed E-state index contributed by atoms with van der Waals surface area (Å²) in [6.07, 6.45) is 10.8. The van der Waals surface area contributed by atoms with Crippen molar-refractivity contribution in [2.45, 2.75) is 57.4 Å². The quantitative estimate of drug-likeness (QED) is 0.702. The Labute approximate surface area is 175 Å². The molecule has 1 aromatic rings. The molecule has 29 heavy (non-hydrogen) atoms. The highest BCUT2D eigenvalue weighted by atomic mass is 16.5. The zero-order chi connectivity index (χ0) is 19.9. The fourth-order valence-corrected chi connectivity index (χ4v) is 5.10. The summed E-state index contributed by atoms with van der Waals surface area (Å²) >= 11 is 0. The van der Waals surface area contributed by atoms with E-state index in [1.165, 1.54) is 57.9 Å². The van der Waals surface area contributed by atoms with Gasteiger partial charge in [0.25, 0.3) is 5.91 Å².